The van der Waals surface area contributed by atoms with Crippen LogP contribution in [0.5, 0.6) is 0 Å². The number of hydrogen-bond acceptors (Lipinski definition) is 4. The van der Waals surface area contributed by atoms with Gasteiger partial charge in [0.2, 0.25) is 11.8 Å². The second-order valence-electron chi connectivity index (χ2n) is 9.00. The van der Waals surface area contributed by atoms with E-state index in [0.29, 0.717) is 6.54 Å². The lowest BCUT2D eigenvalue weighted by molar-refractivity contribution is -0.120. The van der Waals surface area contributed by atoms with Crippen molar-refractivity contribution in [3.8, 4) is 0 Å². The van der Waals surface area contributed by atoms with Gasteiger partial charge in [-0.05, 0) is 89.5 Å². The Morgan fingerprint density at radius 3 is 2.00 bits per heavy atom. The number of carbonyl (C=O) groups is 2. The molecule has 0 aliphatic carbocycles. The second-order valence-corrected chi connectivity index (χ2v) is 9.00. The monoisotopic (exact) mass is 466 g/mol. The van der Waals surface area contributed by atoms with Crippen molar-refractivity contribution in [2.45, 2.75) is 60.4 Å². The van der Waals surface area contributed by atoms with Crippen LogP contribution in [0.1, 0.15) is 50.3 Å². The van der Waals surface area contributed by atoms with Crippen molar-refractivity contribution in [2.75, 3.05) is 43.4 Å². The van der Waals surface area contributed by atoms with Gasteiger partial charge in [-0.3, -0.25) is 19.4 Å². The van der Waals surface area contributed by atoms with E-state index in [4.69, 9.17) is 0 Å². The number of rotatable bonds is 8. The van der Waals surface area contributed by atoms with Crippen molar-refractivity contribution < 1.29 is 9.59 Å². The van der Waals surface area contributed by atoms with Gasteiger partial charge in [0, 0.05) is 11.4 Å². The molecule has 2 N–H and O–H groups in total. The largest absolute Gasteiger partial charge is 0.324 e. The summed E-state index contributed by atoms with van der Waals surface area (Å²) in [4.78, 5) is 28.3. The van der Waals surface area contributed by atoms with Crippen molar-refractivity contribution in [1.82, 2.24) is 9.80 Å². The maximum atomic E-state index is 12.1. The van der Waals surface area contributed by atoms with Crippen LogP contribution in [0.3, 0.4) is 0 Å². The van der Waals surface area contributed by atoms with Crippen LogP contribution < -0.4 is 10.6 Å². The summed E-state index contributed by atoms with van der Waals surface area (Å²) in [5, 5.41) is 6.00. The molecule has 2 aromatic rings. The topological polar surface area (TPSA) is 64.7 Å². The summed E-state index contributed by atoms with van der Waals surface area (Å²) < 4.78 is 0. The van der Waals surface area contributed by atoms with Gasteiger partial charge in [-0.25, -0.2) is 0 Å². The van der Waals surface area contributed by atoms with Crippen LogP contribution in [0.2, 0.25) is 0 Å². The zero-order valence-electron chi connectivity index (χ0n) is 21.8. The van der Waals surface area contributed by atoms with Gasteiger partial charge in [-0.1, -0.05) is 50.2 Å². The highest BCUT2D eigenvalue weighted by Gasteiger charge is 2.24. The highest BCUT2D eigenvalue weighted by molar-refractivity contribution is 5.95. The molecule has 0 aromatic heterocycles. The van der Waals surface area contributed by atoms with Crippen molar-refractivity contribution in [1.29, 1.82) is 0 Å². The molecule has 1 aliphatic heterocycles. The molecule has 1 unspecified atom stereocenters. The van der Waals surface area contributed by atoms with Crippen LogP contribution in [-0.4, -0.2) is 60.4 Å². The lowest BCUT2D eigenvalue weighted by atomic mass is 10.1. The van der Waals surface area contributed by atoms with Gasteiger partial charge in [-0.2, -0.15) is 0 Å². The zero-order valence-corrected chi connectivity index (χ0v) is 21.8. The van der Waals surface area contributed by atoms with E-state index in [-0.39, 0.29) is 17.9 Å². The van der Waals surface area contributed by atoms with E-state index in [1.165, 1.54) is 12.8 Å². The van der Waals surface area contributed by atoms with E-state index in [9.17, 15) is 9.59 Å². The Bertz CT molecular complexity index is 914. The minimum absolute atomic E-state index is 0.0305. The number of likely N-dealkylation sites (tertiary alicyclic amines) is 1. The molecule has 6 heteroatoms. The molecule has 2 amide bonds. The fraction of sp³-hybridized carbons (Fsp3) is 0.500. The molecule has 0 spiro atoms. The molecular weight excluding hydrogens is 424 g/mol. The molecule has 0 bridgehead atoms. The van der Waals surface area contributed by atoms with Gasteiger partial charge in [-0.15, -0.1) is 0 Å². The lowest BCUT2D eigenvalue weighted by Crippen LogP contribution is -2.40. The van der Waals surface area contributed by atoms with Crippen LogP contribution >= 0.6 is 0 Å². The van der Waals surface area contributed by atoms with Crippen LogP contribution in [-0.2, 0) is 9.59 Å². The van der Waals surface area contributed by atoms with Gasteiger partial charge < -0.3 is 10.6 Å². The van der Waals surface area contributed by atoms with E-state index in [1.807, 2.05) is 70.2 Å². The maximum absolute atomic E-state index is 12.1. The van der Waals surface area contributed by atoms with E-state index >= 15 is 0 Å². The fourth-order valence-electron chi connectivity index (χ4n) is 4.09. The normalized spacial score (nSPS) is 14.3. The maximum Gasteiger partial charge on any atom is 0.241 e. The number of amides is 2. The molecule has 1 fully saturated rings. The Labute approximate surface area is 205 Å². The molecule has 1 heterocycles. The average Bonchev–Trinajstić information content (AvgIpc) is 3.36. The van der Waals surface area contributed by atoms with E-state index in [2.05, 4.69) is 34.3 Å². The van der Waals surface area contributed by atoms with Crippen LogP contribution in [0.4, 0.5) is 11.4 Å². The Hall–Kier alpha value is -2.70. The Morgan fingerprint density at radius 1 is 0.882 bits per heavy atom. The number of nitrogens with one attached hydrogen (secondary N) is 2. The summed E-state index contributed by atoms with van der Waals surface area (Å²) in [7, 11) is 0. The smallest absolute Gasteiger partial charge is 0.241 e. The van der Waals surface area contributed by atoms with Gasteiger partial charge in [0.05, 0.1) is 12.6 Å². The molecule has 6 nitrogen and oxygen atoms in total. The van der Waals surface area contributed by atoms with E-state index in [1.54, 1.807) is 0 Å². The van der Waals surface area contributed by atoms with Crippen LogP contribution in [0.25, 0.3) is 0 Å². The molecular formula is C28H42N4O2. The Morgan fingerprint density at radius 2 is 1.44 bits per heavy atom. The Kier molecular flexibility index (Phi) is 11.2. The Balaban J connectivity index is 0.000000240. The van der Waals surface area contributed by atoms with Crippen molar-refractivity contribution >= 4 is 23.2 Å². The van der Waals surface area contributed by atoms with Gasteiger partial charge in [0.25, 0.3) is 0 Å². The minimum Gasteiger partial charge on any atom is -0.324 e. The molecule has 1 saturated heterocycles. The molecule has 2 aromatic carbocycles. The predicted octanol–water partition coefficient (Wildman–Crippen LogP) is 5.00. The molecule has 1 aliphatic rings. The highest BCUT2D eigenvalue weighted by atomic mass is 16.2. The first-order chi connectivity index (χ1) is 16.3. The van der Waals surface area contributed by atoms with E-state index in [0.717, 1.165) is 54.2 Å². The summed E-state index contributed by atoms with van der Waals surface area (Å²) in [6.45, 7) is 16.5. The van der Waals surface area contributed by atoms with Crippen molar-refractivity contribution in [3.63, 3.8) is 0 Å². The van der Waals surface area contributed by atoms with Crippen molar-refractivity contribution in [3.05, 3.63) is 59.2 Å². The number of nitrogens with zero attached hydrogens (tertiary/aromatic N) is 2. The third-order valence-electron chi connectivity index (χ3n) is 6.48. The molecule has 0 radical (unpaired) electrons. The van der Waals surface area contributed by atoms with Crippen LogP contribution in [0, 0.1) is 20.8 Å². The number of hydrogen-bond donors (Lipinski definition) is 2. The van der Waals surface area contributed by atoms with Gasteiger partial charge in [0.1, 0.15) is 0 Å². The number of carbonyl (C=O) groups excluding carboxylic acids is 2. The van der Waals surface area contributed by atoms with Crippen LogP contribution in [0.15, 0.2) is 42.5 Å². The first-order valence-corrected chi connectivity index (χ1v) is 12.5. The third-order valence-corrected chi connectivity index (χ3v) is 6.48. The molecule has 186 valence electrons. The molecule has 1 atom stereocenters. The first-order valence-electron chi connectivity index (χ1n) is 12.5. The number of likely N-dealkylation sites (N-methyl/N-ethyl adjacent to an activating group) is 1. The number of benzene rings is 2. The molecule has 0 saturated carbocycles. The predicted molar refractivity (Wildman–Crippen MR) is 142 cm³/mol. The number of aryl methyl sites for hydroxylation is 3. The molecule has 3 rings (SSSR count). The minimum atomic E-state index is -0.0305. The van der Waals surface area contributed by atoms with E-state index < -0.39 is 0 Å². The summed E-state index contributed by atoms with van der Waals surface area (Å²) in [6.07, 6.45) is 2.42. The standard InChI is InChI=1S/C14H20N2O.C14H22N2O/c1-11-7-3-4-8-13(11)15-14(17)12(2)16-9-5-6-10-16;1-5-16(6-2)10-13(17)15-14-11(3)8-7-9-12(14)4/h3-4,7-8,12H,5-6,9-10H2,1-2H3,(H,15,17);7-9H,5-6,10H2,1-4H3,(H,15,17). The summed E-state index contributed by atoms with van der Waals surface area (Å²) in [5.41, 5.74) is 5.19. The van der Waals surface area contributed by atoms with Gasteiger partial charge >= 0.3 is 0 Å². The average molecular weight is 467 g/mol. The fourth-order valence-corrected chi connectivity index (χ4v) is 4.09. The first kappa shape index (κ1) is 27.5. The quantitative estimate of drug-likeness (QED) is 0.575. The van der Waals surface area contributed by atoms with Gasteiger partial charge in [0.15, 0.2) is 0 Å². The highest BCUT2D eigenvalue weighted by Crippen LogP contribution is 2.19. The third kappa shape index (κ3) is 8.26. The second kappa shape index (κ2) is 13.9. The summed E-state index contributed by atoms with van der Waals surface area (Å²) in [6, 6.07) is 13.9. The van der Waals surface area contributed by atoms with Crippen molar-refractivity contribution in [2.24, 2.45) is 0 Å². The summed E-state index contributed by atoms with van der Waals surface area (Å²) >= 11 is 0. The number of para-hydroxylation sites is 2. The molecule has 34 heavy (non-hydrogen) atoms. The summed E-state index contributed by atoms with van der Waals surface area (Å²) in [5.74, 6) is 0.160. The number of anilines is 2. The lowest BCUT2D eigenvalue weighted by Gasteiger charge is -2.23. The zero-order chi connectivity index (χ0) is 25.1. The SMILES string of the molecule is CCN(CC)CC(=O)Nc1c(C)cccc1C.Cc1ccccc1NC(=O)C(C)N1CCCC1.